The molecule has 8 N–H and O–H groups in total. The molecule has 0 bridgehead atoms. The second kappa shape index (κ2) is 19.0. The Labute approximate surface area is 159 Å². The van der Waals surface area contributed by atoms with E-state index in [1.165, 1.54) is 56.5 Å². The van der Waals surface area contributed by atoms with Crippen molar-refractivity contribution in [2.24, 2.45) is 16.5 Å². The summed E-state index contributed by atoms with van der Waals surface area (Å²) in [5.41, 5.74) is 16.9. The van der Waals surface area contributed by atoms with Gasteiger partial charge in [0.2, 0.25) is 6.29 Å². The van der Waals surface area contributed by atoms with Gasteiger partial charge < -0.3 is 21.7 Å². The van der Waals surface area contributed by atoms with Crippen LogP contribution >= 0.6 is 0 Å². The van der Waals surface area contributed by atoms with E-state index in [9.17, 15) is 10.2 Å². The van der Waals surface area contributed by atoms with Crippen molar-refractivity contribution in [1.29, 1.82) is 0 Å². The van der Waals surface area contributed by atoms with Gasteiger partial charge in [0.1, 0.15) is 0 Å². The van der Waals surface area contributed by atoms with Crippen molar-refractivity contribution in [2.75, 3.05) is 32.7 Å². The first kappa shape index (κ1) is 25.2. The molecule has 0 radical (unpaired) electrons. The number of amidine groups is 1. The highest BCUT2D eigenvalue weighted by Crippen LogP contribution is 2.10. The Morgan fingerprint density at radius 2 is 1.31 bits per heavy atom. The van der Waals surface area contributed by atoms with E-state index in [1.807, 2.05) is 0 Å². The molecule has 0 unspecified atom stereocenters. The van der Waals surface area contributed by atoms with Crippen LogP contribution in [0.3, 0.4) is 0 Å². The van der Waals surface area contributed by atoms with Crippen LogP contribution in [-0.4, -0.2) is 60.2 Å². The highest BCUT2D eigenvalue weighted by molar-refractivity contribution is 5.84. The average Bonchev–Trinajstić information content (AvgIpc) is 2.63. The van der Waals surface area contributed by atoms with Crippen molar-refractivity contribution < 1.29 is 10.2 Å². The Morgan fingerprint density at radius 3 is 1.73 bits per heavy atom. The number of nitrogens with two attached hydrogens (primary N) is 2. The predicted octanol–water partition coefficient (Wildman–Crippen LogP) is 0.845. The molecule has 0 saturated heterocycles. The van der Waals surface area contributed by atoms with Crippen LogP contribution in [0, 0.1) is 0 Å². The topological polar surface area (TPSA) is 132 Å². The molecule has 0 spiro atoms. The third-order valence-electron chi connectivity index (χ3n) is 4.07. The van der Waals surface area contributed by atoms with Gasteiger partial charge in [0, 0.05) is 32.7 Å². The van der Waals surface area contributed by atoms with E-state index in [-0.39, 0.29) is 5.84 Å². The van der Waals surface area contributed by atoms with Gasteiger partial charge in [-0.2, -0.15) is 0 Å². The quantitative estimate of drug-likeness (QED) is 0.0689. The second-order valence-corrected chi connectivity index (χ2v) is 6.52. The maximum Gasteiger partial charge on any atom is 0.214 e. The molecule has 0 aromatic carbocycles. The number of nitrogens with zero attached hydrogens (tertiary/aromatic N) is 2. The van der Waals surface area contributed by atoms with E-state index in [2.05, 4.69) is 22.8 Å². The molecule has 0 aromatic heterocycles. The van der Waals surface area contributed by atoms with Crippen LogP contribution in [-0.2, 0) is 0 Å². The Hall–Kier alpha value is -0.770. The Morgan fingerprint density at radius 1 is 0.846 bits per heavy atom. The minimum Gasteiger partial charge on any atom is -0.362 e. The zero-order chi connectivity index (χ0) is 19.5. The normalized spacial score (nSPS) is 12.2. The lowest BCUT2D eigenvalue weighted by atomic mass is 10.1. The molecule has 0 aromatic rings. The van der Waals surface area contributed by atoms with Crippen LogP contribution in [0.15, 0.2) is 4.99 Å². The van der Waals surface area contributed by atoms with Gasteiger partial charge in [-0.1, -0.05) is 64.7 Å². The summed E-state index contributed by atoms with van der Waals surface area (Å²) in [6, 6.07) is 0. The molecule has 0 rings (SSSR count). The summed E-state index contributed by atoms with van der Waals surface area (Å²) >= 11 is 0. The standard InChI is InChI=1S/C18H42N6O2/c1-2-3-4-5-6-7-8-9-10-11-14-21-17(18(25)26)24(22-15-12-19)23-16-13-20/h18,22-23,25-26H,2-16,19-20H2,1H3. The van der Waals surface area contributed by atoms with Crippen LogP contribution in [0.5, 0.6) is 0 Å². The predicted molar refractivity (Wildman–Crippen MR) is 108 cm³/mol. The number of aliphatic imine (C=N–C) groups is 1. The average molecular weight is 375 g/mol. The summed E-state index contributed by atoms with van der Waals surface area (Å²) in [5.74, 6) is 0.142. The fourth-order valence-corrected chi connectivity index (χ4v) is 2.63. The van der Waals surface area contributed by atoms with Crippen LogP contribution < -0.4 is 22.3 Å². The van der Waals surface area contributed by atoms with Gasteiger partial charge in [0.25, 0.3) is 0 Å². The summed E-state index contributed by atoms with van der Waals surface area (Å²) in [5, 5.41) is 20.6. The molecule has 0 aliphatic carbocycles. The zero-order valence-corrected chi connectivity index (χ0v) is 16.6. The van der Waals surface area contributed by atoms with Gasteiger partial charge >= 0.3 is 0 Å². The number of hydrogen-bond donors (Lipinski definition) is 6. The molecule has 0 heterocycles. The van der Waals surface area contributed by atoms with Crippen LogP contribution in [0.2, 0.25) is 0 Å². The van der Waals surface area contributed by atoms with Gasteiger partial charge in [0.05, 0.1) is 0 Å². The molecule has 0 amide bonds. The van der Waals surface area contributed by atoms with Gasteiger partial charge in [-0.15, -0.1) is 0 Å². The van der Waals surface area contributed by atoms with Crippen molar-refractivity contribution in [3.63, 3.8) is 0 Å². The van der Waals surface area contributed by atoms with E-state index in [0.717, 1.165) is 12.8 Å². The summed E-state index contributed by atoms with van der Waals surface area (Å²) in [6.45, 7) is 4.63. The maximum absolute atomic E-state index is 9.58. The number of aliphatic hydroxyl groups excluding tert-OH is 1. The minimum atomic E-state index is -1.66. The molecular formula is C18H42N6O2. The monoisotopic (exact) mass is 374 g/mol. The molecule has 0 atom stereocenters. The lowest BCUT2D eigenvalue weighted by Gasteiger charge is -2.27. The molecule has 8 heteroatoms. The van der Waals surface area contributed by atoms with Gasteiger partial charge in [-0.25, -0.2) is 16.0 Å². The maximum atomic E-state index is 9.58. The third-order valence-corrected chi connectivity index (χ3v) is 4.07. The van der Waals surface area contributed by atoms with Gasteiger partial charge in [-0.05, 0) is 6.42 Å². The summed E-state index contributed by atoms with van der Waals surface area (Å²) in [6.07, 6.45) is 10.9. The molecule has 0 aliphatic heterocycles. The highest BCUT2D eigenvalue weighted by atomic mass is 16.5. The smallest absolute Gasteiger partial charge is 0.214 e. The van der Waals surface area contributed by atoms with E-state index in [0.29, 0.717) is 32.7 Å². The Bertz CT molecular complexity index is 321. The van der Waals surface area contributed by atoms with Crippen molar-refractivity contribution in [3.8, 4) is 0 Å². The fourth-order valence-electron chi connectivity index (χ4n) is 2.63. The van der Waals surface area contributed by atoms with E-state index >= 15 is 0 Å². The number of hydrogen-bond acceptors (Lipinski definition) is 7. The molecule has 0 saturated carbocycles. The molecule has 0 fully saturated rings. The van der Waals surface area contributed by atoms with E-state index < -0.39 is 6.29 Å². The number of aliphatic hydroxyl groups is 2. The first-order valence-electron chi connectivity index (χ1n) is 10.2. The third kappa shape index (κ3) is 14.4. The van der Waals surface area contributed by atoms with Crippen molar-refractivity contribution in [1.82, 2.24) is 16.0 Å². The van der Waals surface area contributed by atoms with Crippen LogP contribution in [0.25, 0.3) is 0 Å². The van der Waals surface area contributed by atoms with Gasteiger partial charge in [-0.3, -0.25) is 4.99 Å². The minimum absolute atomic E-state index is 0.142. The second-order valence-electron chi connectivity index (χ2n) is 6.52. The zero-order valence-electron chi connectivity index (χ0n) is 16.6. The molecule has 156 valence electrons. The van der Waals surface area contributed by atoms with Crippen molar-refractivity contribution in [3.05, 3.63) is 0 Å². The molecule has 0 aliphatic rings. The molecular weight excluding hydrogens is 332 g/mol. The van der Waals surface area contributed by atoms with Gasteiger partial charge in [0.15, 0.2) is 5.84 Å². The first-order valence-corrected chi connectivity index (χ1v) is 10.2. The summed E-state index contributed by atoms with van der Waals surface area (Å²) < 4.78 is 0. The summed E-state index contributed by atoms with van der Waals surface area (Å²) in [4.78, 5) is 4.33. The lowest BCUT2D eigenvalue weighted by Crippen LogP contribution is -2.57. The number of rotatable bonds is 18. The van der Waals surface area contributed by atoms with E-state index in [4.69, 9.17) is 11.5 Å². The molecule has 26 heavy (non-hydrogen) atoms. The largest absolute Gasteiger partial charge is 0.362 e. The van der Waals surface area contributed by atoms with Crippen LogP contribution in [0.1, 0.15) is 71.1 Å². The van der Waals surface area contributed by atoms with Crippen LogP contribution in [0.4, 0.5) is 0 Å². The Kier molecular flexibility index (Phi) is 18.4. The van der Waals surface area contributed by atoms with Crippen molar-refractivity contribution >= 4 is 5.84 Å². The summed E-state index contributed by atoms with van der Waals surface area (Å²) in [7, 11) is 0. The Balaban J connectivity index is 4.03. The fraction of sp³-hybridized carbons (Fsp3) is 0.944. The molecule has 8 nitrogen and oxygen atoms in total. The number of nitrogens with one attached hydrogen (secondary N) is 2. The van der Waals surface area contributed by atoms with Crippen molar-refractivity contribution in [2.45, 2.75) is 77.4 Å². The van der Waals surface area contributed by atoms with E-state index in [1.54, 1.807) is 0 Å². The number of hydrazine groups is 2. The SMILES string of the molecule is CCCCCCCCCCCCN=C(C(O)O)N(NCCN)NCCN. The highest BCUT2D eigenvalue weighted by Gasteiger charge is 2.17. The number of unbranched alkanes of at least 4 members (excludes halogenated alkanes) is 9. The lowest BCUT2D eigenvalue weighted by molar-refractivity contribution is 0.00120. The first-order chi connectivity index (χ1) is 12.7.